The fourth-order valence-corrected chi connectivity index (χ4v) is 4.46. The van der Waals surface area contributed by atoms with Gasteiger partial charge in [0, 0.05) is 54.8 Å². The molecule has 1 amide bonds. The molecular weight excluding hydrogens is 433 g/mol. The zero-order valence-corrected chi connectivity index (χ0v) is 20.7. The van der Waals surface area contributed by atoms with Gasteiger partial charge in [-0.1, -0.05) is 37.5 Å². The zero-order chi connectivity index (χ0) is 25.5. The summed E-state index contributed by atoms with van der Waals surface area (Å²) < 4.78 is 5.69. The molecule has 3 rings (SSSR count). The monoisotopic (exact) mass is 464 g/mol. The lowest BCUT2D eigenvalue weighted by molar-refractivity contribution is -0.112. The number of hydrogen-bond donors (Lipinski definition) is 2. The average molecular weight is 464 g/mol. The summed E-state index contributed by atoms with van der Waals surface area (Å²) in [5, 5.41) is 2.86. The molecule has 0 bridgehead atoms. The van der Waals surface area contributed by atoms with Crippen molar-refractivity contribution in [2.24, 2.45) is 22.6 Å². The van der Waals surface area contributed by atoms with E-state index in [4.69, 9.17) is 34.0 Å². The quantitative estimate of drug-likeness (QED) is 0.358. The van der Waals surface area contributed by atoms with Crippen LogP contribution in [0, 0.1) is 11.8 Å². The summed E-state index contributed by atoms with van der Waals surface area (Å²) >= 11 is 0. The Morgan fingerprint density at radius 2 is 1.94 bits per heavy atom. The number of anilines is 1. The first-order valence-electron chi connectivity index (χ1n) is 11.8. The lowest BCUT2D eigenvalue weighted by Crippen LogP contribution is -2.38. The number of amides is 1. The minimum absolute atomic E-state index is 0.241. The molecule has 0 saturated carbocycles. The second-order valence-electron chi connectivity index (χ2n) is 9.45. The van der Waals surface area contributed by atoms with E-state index in [1.165, 1.54) is 12.6 Å². The number of aliphatic imine (C=N–C) groups is 1. The smallest absolute Gasteiger partial charge is 0.258 e. The summed E-state index contributed by atoms with van der Waals surface area (Å²) in [6.45, 7) is 8.95. The molecular formula is C26H31B3N4O2. The number of nitrogens with one attached hydrogen (secondary N) is 1. The number of nitrogens with zero attached hydrogens (tertiary/aromatic N) is 2. The first-order valence-corrected chi connectivity index (χ1v) is 11.8. The summed E-state index contributed by atoms with van der Waals surface area (Å²) in [7, 11) is 17.2. The van der Waals surface area contributed by atoms with E-state index in [-0.39, 0.29) is 5.57 Å². The molecule has 0 aromatic heterocycles. The van der Waals surface area contributed by atoms with Crippen LogP contribution in [0.5, 0.6) is 5.75 Å². The maximum Gasteiger partial charge on any atom is 0.258 e. The lowest BCUT2D eigenvalue weighted by atomic mass is 9.82. The SMILES string of the molecule is [B]c1cccc(N=C/C(C(=O)Nc2ccc(CN3CC(C)C[C@H](C)C3)c(OC([B])[B])c2)=C(/C)N)c1. The van der Waals surface area contributed by atoms with E-state index in [1.807, 2.05) is 12.1 Å². The standard InChI is InChI=1S/C26H31B3N4O2/c1-16-9-17(2)14-33(13-16)15-19-7-8-22(11-24(19)35-26(28)29)32-25(34)23(18(3)30)12-31-21-6-4-5-20(27)10-21/h4-8,10-12,16-17,26H,9,13-15,30H2,1-3H3,(H,32,34)/b23-18+,31-12?/t16-,17?/m0/s1. The number of nitrogens with two attached hydrogens (primary N) is 1. The number of piperidine rings is 1. The summed E-state index contributed by atoms with van der Waals surface area (Å²) in [5.41, 5.74) is 9.24. The van der Waals surface area contributed by atoms with Crippen molar-refractivity contribution in [2.75, 3.05) is 18.4 Å². The Morgan fingerprint density at radius 3 is 2.57 bits per heavy atom. The molecule has 1 fully saturated rings. The number of carbonyl (C=O) groups is 1. The van der Waals surface area contributed by atoms with E-state index >= 15 is 0 Å². The van der Waals surface area contributed by atoms with Gasteiger partial charge in [-0.05, 0) is 43.4 Å². The molecule has 35 heavy (non-hydrogen) atoms. The summed E-state index contributed by atoms with van der Waals surface area (Å²) in [4.78, 5) is 19.7. The van der Waals surface area contributed by atoms with Gasteiger partial charge in [-0.25, -0.2) is 0 Å². The maximum atomic E-state index is 13.0. The number of allylic oxidation sites excluding steroid dienone is 1. The molecule has 1 aliphatic rings. The van der Waals surface area contributed by atoms with Crippen molar-refractivity contribution in [3.63, 3.8) is 0 Å². The third kappa shape index (κ3) is 8.06. The first-order chi connectivity index (χ1) is 16.6. The second kappa shape index (κ2) is 12.2. The molecule has 1 saturated heterocycles. The third-order valence-corrected chi connectivity index (χ3v) is 5.81. The van der Waals surface area contributed by atoms with Gasteiger partial charge in [0.2, 0.25) is 0 Å². The largest absolute Gasteiger partial charge is 0.509 e. The highest BCUT2D eigenvalue weighted by atomic mass is 16.5. The van der Waals surface area contributed by atoms with Gasteiger partial charge in [0.25, 0.3) is 5.91 Å². The van der Waals surface area contributed by atoms with E-state index in [2.05, 4.69) is 29.1 Å². The highest BCUT2D eigenvalue weighted by Crippen LogP contribution is 2.29. The second-order valence-corrected chi connectivity index (χ2v) is 9.45. The van der Waals surface area contributed by atoms with Crippen LogP contribution in [0.25, 0.3) is 0 Å². The molecule has 1 heterocycles. The van der Waals surface area contributed by atoms with Gasteiger partial charge in [0.05, 0.1) is 11.3 Å². The van der Waals surface area contributed by atoms with Crippen molar-refractivity contribution >= 4 is 52.5 Å². The number of rotatable bonds is 8. The average Bonchev–Trinajstić information content (AvgIpc) is 2.74. The summed E-state index contributed by atoms with van der Waals surface area (Å²) in [6, 6.07) is 12.5. The summed E-state index contributed by atoms with van der Waals surface area (Å²) in [6.07, 6.45) is 2.66. The van der Waals surface area contributed by atoms with Crippen LogP contribution >= 0.6 is 0 Å². The van der Waals surface area contributed by atoms with Gasteiger partial charge in [0.1, 0.15) is 29.3 Å². The van der Waals surface area contributed by atoms with Crippen LogP contribution in [0.15, 0.2) is 58.7 Å². The fraction of sp³-hybridized carbons (Fsp3) is 0.385. The molecule has 2 atom stereocenters. The predicted octanol–water partition coefficient (Wildman–Crippen LogP) is 2.53. The Kier molecular flexibility index (Phi) is 9.27. The van der Waals surface area contributed by atoms with Gasteiger partial charge >= 0.3 is 0 Å². The highest BCUT2D eigenvalue weighted by molar-refractivity contribution is 6.35. The Balaban J connectivity index is 1.78. The number of ether oxygens (including phenoxy) is 1. The Hall–Kier alpha value is -2.93. The van der Waals surface area contributed by atoms with E-state index in [1.54, 1.807) is 37.3 Å². The van der Waals surface area contributed by atoms with E-state index < -0.39 is 11.8 Å². The Bertz CT molecular complexity index is 1090. The van der Waals surface area contributed by atoms with Gasteiger partial charge < -0.3 is 15.8 Å². The normalized spacial score (nSPS) is 19.5. The minimum Gasteiger partial charge on any atom is -0.509 e. The number of carbonyl (C=O) groups excluding carboxylic acids is 1. The molecule has 1 unspecified atom stereocenters. The van der Waals surface area contributed by atoms with Gasteiger partial charge in [-0.15, -0.1) is 0 Å². The van der Waals surface area contributed by atoms with Crippen molar-refractivity contribution in [3.05, 3.63) is 59.3 Å². The van der Waals surface area contributed by atoms with Crippen LogP contribution in [0.4, 0.5) is 11.4 Å². The third-order valence-electron chi connectivity index (χ3n) is 5.81. The van der Waals surface area contributed by atoms with Gasteiger partial charge in [0.15, 0.2) is 0 Å². The number of benzene rings is 2. The van der Waals surface area contributed by atoms with Crippen LogP contribution < -0.4 is 21.3 Å². The molecule has 0 spiro atoms. The highest BCUT2D eigenvalue weighted by Gasteiger charge is 2.23. The minimum atomic E-state index is -0.980. The zero-order valence-electron chi connectivity index (χ0n) is 20.7. The fourth-order valence-electron chi connectivity index (χ4n) is 4.46. The predicted molar refractivity (Wildman–Crippen MR) is 146 cm³/mol. The molecule has 6 radical (unpaired) electrons. The lowest BCUT2D eigenvalue weighted by Gasteiger charge is -2.35. The Labute approximate surface area is 212 Å². The van der Waals surface area contributed by atoms with Gasteiger partial charge in [-0.3, -0.25) is 14.7 Å². The van der Waals surface area contributed by atoms with Crippen molar-refractivity contribution < 1.29 is 9.53 Å². The topological polar surface area (TPSA) is 80.0 Å². The molecule has 2 aromatic rings. The Morgan fingerprint density at radius 1 is 1.23 bits per heavy atom. The van der Waals surface area contributed by atoms with Crippen molar-refractivity contribution in [1.82, 2.24) is 4.90 Å². The van der Waals surface area contributed by atoms with Crippen LogP contribution in [0.2, 0.25) is 0 Å². The van der Waals surface area contributed by atoms with Crippen molar-refractivity contribution in [1.29, 1.82) is 0 Å². The molecule has 2 aromatic carbocycles. The number of hydrogen-bond acceptors (Lipinski definition) is 5. The van der Waals surface area contributed by atoms with Crippen molar-refractivity contribution in [2.45, 2.75) is 39.6 Å². The molecule has 9 heteroatoms. The molecule has 3 N–H and O–H groups in total. The van der Waals surface area contributed by atoms with Crippen LogP contribution in [-0.2, 0) is 11.3 Å². The first kappa shape index (κ1) is 26.7. The van der Waals surface area contributed by atoms with E-state index in [0.717, 1.165) is 18.7 Å². The number of likely N-dealkylation sites (tertiary alicyclic amines) is 1. The molecule has 0 aliphatic carbocycles. The molecule has 1 aliphatic heterocycles. The van der Waals surface area contributed by atoms with E-state index in [0.29, 0.717) is 46.7 Å². The van der Waals surface area contributed by atoms with Crippen LogP contribution in [0.1, 0.15) is 32.8 Å². The molecule has 176 valence electrons. The van der Waals surface area contributed by atoms with Crippen molar-refractivity contribution in [3.8, 4) is 5.75 Å². The maximum absolute atomic E-state index is 13.0. The molecule has 6 nitrogen and oxygen atoms in total. The van der Waals surface area contributed by atoms with Gasteiger partial charge in [-0.2, -0.15) is 0 Å². The van der Waals surface area contributed by atoms with Crippen LogP contribution in [0.3, 0.4) is 0 Å². The van der Waals surface area contributed by atoms with E-state index in [9.17, 15) is 4.79 Å². The summed E-state index contributed by atoms with van der Waals surface area (Å²) in [5.74, 6) is 0.430. The van der Waals surface area contributed by atoms with Crippen LogP contribution in [-0.4, -0.2) is 59.6 Å².